The summed E-state index contributed by atoms with van der Waals surface area (Å²) in [5.41, 5.74) is 0.624. The third-order valence-electron chi connectivity index (χ3n) is 5.36. The van der Waals surface area contributed by atoms with Crippen LogP contribution in [0.3, 0.4) is 0 Å². The molecule has 0 radical (unpaired) electrons. The SMILES string of the molecule is CNC1CCC(CNc2nc(NCc3ccccc3OC(F)(F)F)ncc2C#N)CC1. The molecule has 0 amide bonds. The van der Waals surface area contributed by atoms with E-state index in [1.807, 2.05) is 7.05 Å². The number of para-hydroxylation sites is 1. The van der Waals surface area contributed by atoms with E-state index in [1.165, 1.54) is 24.4 Å². The Hall–Kier alpha value is -3.06. The first-order valence-corrected chi connectivity index (χ1v) is 10.1. The fourth-order valence-corrected chi connectivity index (χ4v) is 3.63. The van der Waals surface area contributed by atoms with Crippen molar-refractivity contribution in [3.8, 4) is 11.8 Å². The number of nitrogens with zero attached hydrogens (tertiary/aromatic N) is 3. The summed E-state index contributed by atoms with van der Waals surface area (Å²) in [6.07, 6.45) is 1.03. The van der Waals surface area contributed by atoms with E-state index in [-0.39, 0.29) is 18.2 Å². The predicted molar refractivity (Wildman–Crippen MR) is 110 cm³/mol. The number of hydrogen-bond acceptors (Lipinski definition) is 7. The van der Waals surface area contributed by atoms with Gasteiger partial charge in [-0.1, -0.05) is 18.2 Å². The van der Waals surface area contributed by atoms with Gasteiger partial charge in [0, 0.05) is 24.7 Å². The van der Waals surface area contributed by atoms with Crippen molar-refractivity contribution < 1.29 is 17.9 Å². The number of halogens is 3. The first-order chi connectivity index (χ1) is 14.9. The third-order valence-corrected chi connectivity index (χ3v) is 5.36. The van der Waals surface area contributed by atoms with Crippen LogP contribution in [0.25, 0.3) is 0 Å². The number of ether oxygens (including phenoxy) is 1. The van der Waals surface area contributed by atoms with E-state index in [0.29, 0.717) is 35.4 Å². The Morgan fingerprint density at radius 3 is 2.58 bits per heavy atom. The molecule has 0 aliphatic heterocycles. The first kappa shape index (κ1) is 22.6. The highest BCUT2D eigenvalue weighted by molar-refractivity contribution is 5.53. The molecule has 166 valence electrons. The van der Waals surface area contributed by atoms with Crippen molar-refractivity contribution in [2.24, 2.45) is 5.92 Å². The lowest BCUT2D eigenvalue weighted by molar-refractivity contribution is -0.274. The molecule has 0 saturated heterocycles. The maximum atomic E-state index is 12.6. The van der Waals surface area contributed by atoms with E-state index in [2.05, 4.69) is 36.7 Å². The fraction of sp³-hybridized carbons (Fsp3) is 0.476. The zero-order valence-electron chi connectivity index (χ0n) is 17.2. The molecule has 1 heterocycles. The summed E-state index contributed by atoms with van der Waals surface area (Å²) in [4.78, 5) is 8.44. The van der Waals surface area contributed by atoms with Gasteiger partial charge in [-0.25, -0.2) is 4.98 Å². The molecule has 1 aromatic carbocycles. The summed E-state index contributed by atoms with van der Waals surface area (Å²) in [7, 11) is 1.98. The summed E-state index contributed by atoms with van der Waals surface area (Å²) < 4.78 is 41.8. The van der Waals surface area contributed by atoms with Gasteiger partial charge in [0.05, 0.1) is 6.20 Å². The monoisotopic (exact) mass is 434 g/mol. The number of anilines is 2. The molecule has 0 spiro atoms. The van der Waals surface area contributed by atoms with Crippen LogP contribution in [0.4, 0.5) is 24.9 Å². The molecule has 7 nitrogen and oxygen atoms in total. The molecule has 0 atom stereocenters. The second-order valence-corrected chi connectivity index (χ2v) is 7.46. The van der Waals surface area contributed by atoms with Crippen molar-refractivity contribution in [3.63, 3.8) is 0 Å². The minimum Gasteiger partial charge on any atom is -0.405 e. The van der Waals surface area contributed by atoms with Crippen molar-refractivity contribution in [1.29, 1.82) is 5.26 Å². The summed E-state index contributed by atoms with van der Waals surface area (Å²) in [5, 5.41) is 18.8. The second-order valence-electron chi connectivity index (χ2n) is 7.46. The molecule has 1 saturated carbocycles. The third kappa shape index (κ3) is 6.72. The van der Waals surface area contributed by atoms with E-state index in [1.54, 1.807) is 6.07 Å². The van der Waals surface area contributed by atoms with E-state index < -0.39 is 6.36 Å². The van der Waals surface area contributed by atoms with E-state index in [4.69, 9.17) is 0 Å². The van der Waals surface area contributed by atoms with Gasteiger partial charge in [-0.05, 0) is 44.7 Å². The van der Waals surface area contributed by atoms with E-state index in [9.17, 15) is 18.4 Å². The van der Waals surface area contributed by atoms with Crippen molar-refractivity contribution >= 4 is 11.8 Å². The fourth-order valence-electron chi connectivity index (χ4n) is 3.63. The summed E-state index contributed by atoms with van der Waals surface area (Å²) in [5.74, 6) is 0.832. The Bertz CT molecular complexity index is 907. The van der Waals surface area contributed by atoms with Gasteiger partial charge in [0.1, 0.15) is 23.2 Å². The zero-order chi connectivity index (χ0) is 22.3. The molecule has 3 rings (SSSR count). The largest absolute Gasteiger partial charge is 0.573 e. The maximum Gasteiger partial charge on any atom is 0.573 e. The topological polar surface area (TPSA) is 94.9 Å². The van der Waals surface area contributed by atoms with Gasteiger partial charge in [0.15, 0.2) is 0 Å². The van der Waals surface area contributed by atoms with Crippen LogP contribution in [0, 0.1) is 17.2 Å². The lowest BCUT2D eigenvalue weighted by Gasteiger charge is -2.28. The standard InChI is InChI=1S/C21H25F3N6O/c1-26-17-8-6-14(7-9-17)11-27-19-16(10-25)13-29-20(30-19)28-12-15-4-2-3-5-18(15)31-21(22,23)24/h2-5,13-14,17,26H,6-9,11-12H2,1H3,(H2,27,28,29,30). The number of alkyl halides is 3. The van der Waals surface area contributed by atoms with Gasteiger partial charge >= 0.3 is 6.36 Å². The number of rotatable bonds is 8. The Morgan fingerprint density at radius 1 is 1.16 bits per heavy atom. The molecular formula is C21H25F3N6O. The highest BCUT2D eigenvalue weighted by Gasteiger charge is 2.32. The van der Waals surface area contributed by atoms with Crippen LogP contribution in [0.1, 0.15) is 36.8 Å². The molecule has 31 heavy (non-hydrogen) atoms. The quantitative estimate of drug-likeness (QED) is 0.577. The molecule has 10 heteroatoms. The highest BCUT2D eigenvalue weighted by Crippen LogP contribution is 2.27. The molecule has 2 aromatic rings. The molecular weight excluding hydrogens is 409 g/mol. The van der Waals surface area contributed by atoms with Crippen LogP contribution < -0.4 is 20.7 Å². The van der Waals surface area contributed by atoms with Gasteiger partial charge in [0.25, 0.3) is 0 Å². The molecule has 1 aromatic heterocycles. The van der Waals surface area contributed by atoms with Gasteiger partial charge in [-0.3, -0.25) is 0 Å². The maximum absolute atomic E-state index is 12.6. The molecule has 0 unspecified atom stereocenters. The van der Waals surface area contributed by atoms with Gasteiger partial charge < -0.3 is 20.7 Å². The number of nitriles is 1. The van der Waals surface area contributed by atoms with Crippen LogP contribution in [-0.2, 0) is 6.54 Å². The van der Waals surface area contributed by atoms with Crippen LogP contribution in [-0.4, -0.2) is 36.0 Å². The number of nitrogens with one attached hydrogen (secondary N) is 3. The normalized spacial score (nSPS) is 18.8. The van der Waals surface area contributed by atoms with Gasteiger partial charge in [0.2, 0.25) is 5.95 Å². The Morgan fingerprint density at radius 2 is 1.90 bits per heavy atom. The van der Waals surface area contributed by atoms with Crippen molar-refractivity contribution in [1.82, 2.24) is 15.3 Å². The number of hydrogen-bond donors (Lipinski definition) is 3. The van der Waals surface area contributed by atoms with Crippen molar-refractivity contribution in [2.75, 3.05) is 24.2 Å². The van der Waals surface area contributed by atoms with Crippen molar-refractivity contribution in [3.05, 3.63) is 41.6 Å². The average molecular weight is 434 g/mol. The van der Waals surface area contributed by atoms with Gasteiger partial charge in [-0.2, -0.15) is 10.2 Å². The number of aromatic nitrogens is 2. The highest BCUT2D eigenvalue weighted by atomic mass is 19.4. The molecule has 0 bridgehead atoms. The first-order valence-electron chi connectivity index (χ1n) is 10.1. The summed E-state index contributed by atoms with van der Waals surface area (Å²) >= 11 is 0. The Balaban J connectivity index is 1.63. The Labute approximate surface area is 179 Å². The van der Waals surface area contributed by atoms with Crippen molar-refractivity contribution in [2.45, 2.75) is 44.6 Å². The molecule has 1 aliphatic carbocycles. The zero-order valence-corrected chi connectivity index (χ0v) is 17.2. The van der Waals surface area contributed by atoms with E-state index in [0.717, 1.165) is 25.7 Å². The van der Waals surface area contributed by atoms with Crippen LogP contribution in [0.2, 0.25) is 0 Å². The molecule has 1 aliphatic rings. The molecule has 1 fully saturated rings. The Kier molecular flexibility index (Phi) is 7.52. The van der Waals surface area contributed by atoms with Crippen LogP contribution in [0.15, 0.2) is 30.5 Å². The average Bonchev–Trinajstić information content (AvgIpc) is 2.76. The van der Waals surface area contributed by atoms with Crippen LogP contribution >= 0.6 is 0 Å². The lowest BCUT2D eigenvalue weighted by Crippen LogP contribution is -2.32. The lowest BCUT2D eigenvalue weighted by atomic mass is 9.86. The summed E-state index contributed by atoms with van der Waals surface area (Å²) in [6.45, 7) is 0.732. The number of benzene rings is 1. The van der Waals surface area contributed by atoms with E-state index >= 15 is 0 Å². The predicted octanol–water partition coefficient (Wildman–Crippen LogP) is 4.05. The smallest absolute Gasteiger partial charge is 0.405 e. The molecule has 3 N–H and O–H groups in total. The minimum absolute atomic E-state index is 0.0334. The van der Waals surface area contributed by atoms with Crippen LogP contribution in [0.5, 0.6) is 5.75 Å². The van der Waals surface area contributed by atoms with Gasteiger partial charge in [-0.15, -0.1) is 13.2 Å². The summed E-state index contributed by atoms with van der Waals surface area (Å²) in [6, 6.07) is 8.49. The second kappa shape index (κ2) is 10.3. The minimum atomic E-state index is -4.77.